The van der Waals surface area contributed by atoms with Gasteiger partial charge in [0.2, 0.25) is 0 Å². The minimum Gasteiger partial charge on any atom is -0.268 e. The number of aromatic amines is 1. The molecule has 1 aromatic rings. The summed E-state index contributed by atoms with van der Waals surface area (Å²) in [4.78, 5) is 23.0. The van der Waals surface area contributed by atoms with Crippen molar-refractivity contribution >= 4 is 12.6 Å². The first-order chi connectivity index (χ1) is 8.56. The lowest BCUT2D eigenvalue weighted by atomic mass is 9.81. The molecule has 5 heteroatoms. The molecular formula is C13H22N2O2S. The van der Waals surface area contributed by atoms with Gasteiger partial charge in [-0.1, -0.05) is 26.7 Å². The summed E-state index contributed by atoms with van der Waals surface area (Å²) in [5.41, 5.74) is -0.413. The van der Waals surface area contributed by atoms with Crippen LogP contribution in [0.5, 0.6) is 0 Å². The Kier molecular flexibility index (Phi) is 5.72. The minimum atomic E-state index is -0.240. The Hall–Kier alpha value is -0.970. The Morgan fingerprint density at radius 2 is 1.83 bits per heavy atom. The SMILES string of the molecule is CCCC(CS)(CCC)Cn1[nH]c(=O)ccc1=O. The molecule has 0 atom stereocenters. The molecule has 0 aliphatic carbocycles. The van der Waals surface area contributed by atoms with Crippen molar-refractivity contribution in [2.45, 2.75) is 46.1 Å². The van der Waals surface area contributed by atoms with Crippen molar-refractivity contribution in [1.29, 1.82) is 0 Å². The van der Waals surface area contributed by atoms with Gasteiger partial charge in [-0.25, -0.2) is 4.68 Å². The summed E-state index contributed by atoms with van der Waals surface area (Å²) >= 11 is 4.45. The van der Waals surface area contributed by atoms with E-state index in [-0.39, 0.29) is 16.5 Å². The second-order valence-electron chi connectivity index (χ2n) is 4.89. The first-order valence-corrected chi connectivity index (χ1v) is 7.11. The van der Waals surface area contributed by atoms with E-state index < -0.39 is 0 Å². The molecule has 1 heterocycles. The maximum absolute atomic E-state index is 11.7. The van der Waals surface area contributed by atoms with Crippen LogP contribution in [-0.2, 0) is 6.54 Å². The lowest BCUT2D eigenvalue weighted by Gasteiger charge is -2.32. The van der Waals surface area contributed by atoms with Gasteiger partial charge in [0.15, 0.2) is 0 Å². The van der Waals surface area contributed by atoms with Gasteiger partial charge >= 0.3 is 0 Å². The quantitative estimate of drug-likeness (QED) is 0.745. The molecule has 0 unspecified atom stereocenters. The third kappa shape index (κ3) is 3.77. The van der Waals surface area contributed by atoms with Crippen LogP contribution < -0.4 is 11.1 Å². The largest absolute Gasteiger partial charge is 0.268 e. The highest BCUT2D eigenvalue weighted by molar-refractivity contribution is 7.80. The summed E-state index contributed by atoms with van der Waals surface area (Å²) in [5, 5.41) is 2.60. The number of hydrogen-bond acceptors (Lipinski definition) is 3. The first-order valence-electron chi connectivity index (χ1n) is 6.48. The van der Waals surface area contributed by atoms with E-state index in [2.05, 4.69) is 31.6 Å². The topological polar surface area (TPSA) is 54.9 Å². The summed E-state index contributed by atoms with van der Waals surface area (Å²) in [6.07, 6.45) is 4.11. The molecule has 0 saturated carbocycles. The fraction of sp³-hybridized carbons (Fsp3) is 0.692. The Morgan fingerprint density at radius 3 is 2.33 bits per heavy atom. The molecule has 0 saturated heterocycles. The van der Waals surface area contributed by atoms with Gasteiger partial charge in [0, 0.05) is 18.7 Å². The third-order valence-electron chi connectivity index (χ3n) is 3.28. The van der Waals surface area contributed by atoms with Crippen molar-refractivity contribution in [1.82, 2.24) is 9.78 Å². The van der Waals surface area contributed by atoms with Crippen LogP contribution in [0.4, 0.5) is 0 Å². The number of H-pyrrole nitrogens is 1. The standard InChI is InChI=1S/C13H22N2O2S/c1-3-7-13(10-18,8-4-2)9-15-12(17)6-5-11(16)14-15/h5-6,18H,3-4,7-10H2,1-2H3,(H,14,16). The molecule has 0 radical (unpaired) electrons. The van der Waals surface area contributed by atoms with Crippen LogP contribution in [0.25, 0.3) is 0 Å². The molecule has 1 rings (SSSR count). The smallest absolute Gasteiger partial charge is 0.265 e. The molecule has 0 aromatic carbocycles. The predicted molar refractivity (Wildman–Crippen MR) is 77.4 cm³/mol. The lowest BCUT2D eigenvalue weighted by molar-refractivity contribution is 0.216. The predicted octanol–water partition coefficient (Wildman–Crippen LogP) is 2.05. The summed E-state index contributed by atoms with van der Waals surface area (Å²) in [5.74, 6) is 0.720. The second kappa shape index (κ2) is 6.83. The van der Waals surface area contributed by atoms with Gasteiger partial charge in [0.1, 0.15) is 0 Å². The number of rotatable bonds is 7. The van der Waals surface area contributed by atoms with Gasteiger partial charge in [-0.05, 0) is 24.0 Å². The van der Waals surface area contributed by atoms with E-state index in [1.165, 1.54) is 16.8 Å². The van der Waals surface area contributed by atoms with E-state index >= 15 is 0 Å². The number of thiol groups is 1. The molecule has 4 nitrogen and oxygen atoms in total. The van der Waals surface area contributed by atoms with Gasteiger partial charge in [-0.15, -0.1) is 0 Å². The molecule has 0 bridgehead atoms. The van der Waals surface area contributed by atoms with Crippen LogP contribution in [0.2, 0.25) is 0 Å². The van der Waals surface area contributed by atoms with Crippen molar-refractivity contribution in [2.75, 3.05) is 5.75 Å². The number of hydrogen-bond donors (Lipinski definition) is 2. The zero-order valence-corrected chi connectivity index (χ0v) is 12.0. The van der Waals surface area contributed by atoms with Gasteiger partial charge in [0.05, 0.1) is 0 Å². The van der Waals surface area contributed by atoms with Crippen molar-refractivity contribution in [2.24, 2.45) is 5.41 Å². The van der Waals surface area contributed by atoms with E-state index in [1.54, 1.807) is 0 Å². The van der Waals surface area contributed by atoms with Crippen LogP contribution >= 0.6 is 12.6 Å². The molecule has 0 aliphatic rings. The second-order valence-corrected chi connectivity index (χ2v) is 5.21. The van der Waals surface area contributed by atoms with Crippen molar-refractivity contribution < 1.29 is 0 Å². The number of nitrogens with zero attached hydrogens (tertiary/aromatic N) is 1. The molecule has 0 amide bonds. The molecule has 0 aliphatic heterocycles. The minimum absolute atomic E-state index is 0.0132. The van der Waals surface area contributed by atoms with Gasteiger partial charge in [0.25, 0.3) is 11.1 Å². The average Bonchev–Trinajstić information content (AvgIpc) is 2.34. The van der Waals surface area contributed by atoms with E-state index in [0.29, 0.717) is 6.54 Å². The molecule has 0 spiro atoms. The van der Waals surface area contributed by atoms with Gasteiger partial charge in [-0.3, -0.25) is 14.7 Å². The van der Waals surface area contributed by atoms with Gasteiger partial charge < -0.3 is 0 Å². The van der Waals surface area contributed by atoms with E-state index in [1.807, 2.05) is 0 Å². The van der Waals surface area contributed by atoms with Gasteiger partial charge in [-0.2, -0.15) is 12.6 Å². The summed E-state index contributed by atoms with van der Waals surface area (Å²) in [6.45, 7) is 4.79. The first kappa shape index (κ1) is 15.1. The highest BCUT2D eigenvalue weighted by atomic mass is 32.1. The average molecular weight is 270 g/mol. The number of aromatic nitrogens is 2. The summed E-state index contributed by atoms with van der Waals surface area (Å²) in [6, 6.07) is 2.58. The Balaban J connectivity index is 3.05. The molecule has 1 N–H and O–H groups in total. The zero-order valence-electron chi connectivity index (χ0n) is 11.1. The third-order valence-corrected chi connectivity index (χ3v) is 3.95. The highest BCUT2D eigenvalue weighted by Crippen LogP contribution is 2.32. The highest BCUT2D eigenvalue weighted by Gasteiger charge is 2.28. The molecule has 1 aromatic heterocycles. The molecule has 0 fully saturated rings. The van der Waals surface area contributed by atoms with Crippen molar-refractivity contribution in [3.8, 4) is 0 Å². The van der Waals surface area contributed by atoms with Crippen LogP contribution in [-0.4, -0.2) is 15.5 Å². The molecule has 18 heavy (non-hydrogen) atoms. The maximum Gasteiger partial charge on any atom is 0.265 e. The summed E-state index contributed by atoms with van der Waals surface area (Å²) < 4.78 is 1.42. The zero-order chi connectivity index (χ0) is 13.6. The normalized spacial score (nSPS) is 11.7. The summed E-state index contributed by atoms with van der Waals surface area (Å²) in [7, 11) is 0. The fourth-order valence-corrected chi connectivity index (χ4v) is 2.88. The monoisotopic (exact) mass is 270 g/mol. The fourth-order valence-electron chi connectivity index (χ4n) is 2.47. The molecular weight excluding hydrogens is 248 g/mol. The van der Waals surface area contributed by atoms with Crippen molar-refractivity contribution in [3.05, 3.63) is 32.8 Å². The van der Waals surface area contributed by atoms with Crippen LogP contribution in [0.15, 0.2) is 21.7 Å². The Morgan fingerprint density at radius 1 is 1.22 bits per heavy atom. The van der Waals surface area contributed by atoms with E-state index in [9.17, 15) is 9.59 Å². The van der Waals surface area contributed by atoms with Crippen LogP contribution in [0.3, 0.4) is 0 Å². The van der Waals surface area contributed by atoms with Crippen LogP contribution in [0, 0.1) is 5.41 Å². The van der Waals surface area contributed by atoms with E-state index in [0.717, 1.165) is 31.4 Å². The van der Waals surface area contributed by atoms with E-state index in [4.69, 9.17) is 0 Å². The van der Waals surface area contributed by atoms with Crippen molar-refractivity contribution in [3.63, 3.8) is 0 Å². The Bertz CT molecular complexity index is 472. The maximum atomic E-state index is 11.7. The lowest BCUT2D eigenvalue weighted by Crippen LogP contribution is -2.37. The van der Waals surface area contributed by atoms with Crippen LogP contribution in [0.1, 0.15) is 39.5 Å². The number of nitrogens with one attached hydrogen (secondary N) is 1. The molecule has 102 valence electrons. The Labute approximate surface area is 113 Å².